The highest BCUT2D eigenvalue weighted by Crippen LogP contribution is 2.08. The van der Waals surface area contributed by atoms with E-state index >= 15 is 0 Å². The Morgan fingerprint density at radius 3 is 2.29 bits per heavy atom. The molecule has 0 radical (unpaired) electrons. The van der Waals surface area contributed by atoms with Crippen LogP contribution in [0, 0.1) is 0 Å². The maximum absolute atomic E-state index is 11.9. The molecular weight excluding hydrogens is 220 g/mol. The number of aromatic nitrogens is 2. The van der Waals surface area contributed by atoms with E-state index < -0.39 is 5.97 Å². The van der Waals surface area contributed by atoms with Crippen molar-refractivity contribution in [2.45, 2.75) is 0 Å². The smallest absolute Gasteiger partial charge is 0.335 e. The van der Waals surface area contributed by atoms with E-state index in [1.165, 1.54) is 30.7 Å². The Morgan fingerprint density at radius 1 is 1.00 bits per heavy atom. The fourth-order valence-electron chi connectivity index (χ4n) is 1.34. The second-order valence-electron chi connectivity index (χ2n) is 3.30. The number of ketones is 1. The van der Waals surface area contributed by atoms with Crippen LogP contribution in [-0.4, -0.2) is 26.8 Å². The largest absolute Gasteiger partial charge is 0.478 e. The summed E-state index contributed by atoms with van der Waals surface area (Å²) in [6.45, 7) is 0. The highest BCUT2D eigenvalue weighted by Gasteiger charge is 2.12. The van der Waals surface area contributed by atoms with Crippen molar-refractivity contribution in [2.75, 3.05) is 0 Å². The average molecular weight is 228 g/mol. The molecule has 0 amide bonds. The third kappa shape index (κ3) is 2.34. The first-order valence-electron chi connectivity index (χ1n) is 4.82. The van der Waals surface area contributed by atoms with Crippen LogP contribution in [0.15, 0.2) is 42.9 Å². The molecule has 0 spiro atoms. The van der Waals surface area contributed by atoms with Crippen molar-refractivity contribution in [3.8, 4) is 0 Å². The summed E-state index contributed by atoms with van der Waals surface area (Å²) in [7, 11) is 0. The summed E-state index contributed by atoms with van der Waals surface area (Å²) in [6, 6.07) is 5.70. The lowest BCUT2D eigenvalue weighted by atomic mass is 10.1. The topological polar surface area (TPSA) is 80.1 Å². The molecule has 1 N–H and O–H groups in total. The molecule has 5 heteroatoms. The van der Waals surface area contributed by atoms with E-state index in [0.29, 0.717) is 5.56 Å². The molecule has 2 rings (SSSR count). The lowest BCUT2D eigenvalue weighted by Crippen LogP contribution is -2.06. The third-order valence-electron chi connectivity index (χ3n) is 2.18. The summed E-state index contributed by atoms with van der Waals surface area (Å²) in [5.74, 6) is -1.41. The number of carbonyl (C=O) groups excluding carboxylic acids is 1. The number of hydrogen-bond donors (Lipinski definition) is 1. The monoisotopic (exact) mass is 228 g/mol. The van der Waals surface area contributed by atoms with Crippen LogP contribution in [0.2, 0.25) is 0 Å². The van der Waals surface area contributed by atoms with E-state index in [9.17, 15) is 9.59 Å². The Hall–Kier alpha value is -2.56. The summed E-state index contributed by atoms with van der Waals surface area (Å²) in [6.07, 6.45) is 4.29. The predicted molar refractivity (Wildman–Crippen MR) is 58.9 cm³/mol. The number of nitrogens with zero attached hydrogens (tertiary/aromatic N) is 2. The van der Waals surface area contributed by atoms with Crippen molar-refractivity contribution in [1.29, 1.82) is 0 Å². The minimum absolute atomic E-state index is 0.0393. The van der Waals surface area contributed by atoms with Crippen molar-refractivity contribution in [3.05, 3.63) is 59.7 Å². The fourth-order valence-corrected chi connectivity index (χ4v) is 1.34. The lowest BCUT2D eigenvalue weighted by molar-refractivity contribution is 0.0696. The highest BCUT2D eigenvalue weighted by atomic mass is 16.4. The summed E-state index contributed by atoms with van der Waals surface area (Å²) >= 11 is 0. The van der Waals surface area contributed by atoms with Crippen LogP contribution in [0.3, 0.4) is 0 Å². The van der Waals surface area contributed by atoms with Gasteiger partial charge in [0.2, 0.25) is 5.78 Å². The first-order valence-corrected chi connectivity index (χ1v) is 4.82. The average Bonchev–Trinajstić information content (AvgIpc) is 2.39. The van der Waals surface area contributed by atoms with Crippen LogP contribution >= 0.6 is 0 Å². The SMILES string of the molecule is O=C(O)c1ccnc(C(=O)c2ccncc2)c1. The Morgan fingerprint density at radius 2 is 1.65 bits per heavy atom. The maximum Gasteiger partial charge on any atom is 0.335 e. The molecule has 0 saturated heterocycles. The molecule has 2 aromatic rings. The van der Waals surface area contributed by atoms with Gasteiger partial charge in [-0.3, -0.25) is 14.8 Å². The van der Waals surface area contributed by atoms with Gasteiger partial charge >= 0.3 is 5.97 Å². The van der Waals surface area contributed by atoms with Crippen LogP contribution in [0.25, 0.3) is 0 Å². The van der Waals surface area contributed by atoms with E-state index in [-0.39, 0.29) is 17.0 Å². The second-order valence-corrected chi connectivity index (χ2v) is 3.30. The van der Waals surface area contributed by atoms with Crippen molar-refractivity contribution in [2.24, 2.45) is 0 Å². The molecule has 0 saturated carbocycles. The predicted octanol–water partition coefficient (Wildman–Crippen LogP) is 1.41. The standard InChI is InChI=1S/C12H8N2O3/c15-11(8-1-4-13-5-2-8)10-7-9(12(16)17)3-6-14-10/h1-7H,(H,16,17). The van der Waals surface area contributed by atoms with Gasteiger partial charge in [-0.25, -0.2) is 4.79 Å². The maximum atomic E-state index is 11.9. The highest BCUT2D eigenvalue weighted by molar-refractivity contribution is 6.08. The van der Waals surface area contributed by atoms with Gasteiger partial charge < -0.3 is 5.11 Å². The Bertz CT molecular complexity index is 567. The first-order chi connectivity index (χ1) is 8.18. The summed E-state index contributed by atoms with van der Waals surface area (Å²) in [4.78, 5) is 30.4. The molecular formula is C12H8N2O3. The van der Waals surface area contributed by atoms with E-state index in [4.69, 9.17) is 5.11 Å². The van der Waals surface area contributed by atoms with Crippen molar-refractivity contribution in [3.63, 3.8) is 0 Å². The third-order valence-corrected chi connectivity index (χ3v) is 2.18. The van der Waals surface area contributed by atoms with Gasteiger partial charge in [-0.15, -0.1) is 0 Å². The second kappa shape index (κ2) is 4.52. The number of hydrogen-bond acceptors (Lipinski definition) is 4. The minimum Gasteiger partial charge on any atom is -0.478 e. The number of carboxylic acid groups (broad SMARTS) is 1. The molecule has 2 aromatic heterocycles. The summed E-state index contributed by atoms with van der Waals surface area (Å²) < 4.78 is 0. The molecule has 17 heavy (non-hydrogen) atoms. The van der Waals surface area contributed by atoms with Crippen LogP contribution in [0.4, 0.5) is 0 Å². The van der Waals surface area contributed by atoms with Crippen molar-refractivity contribution in [1.82, 2.24) is 9.97 Å². The molecule has 84 valence electrons. The molecule has 0 bridgehead atoms. The molecule has 0 atom stereocenters. The van der Waals surface area contributed by atoms with Gasteiger partial charge in [0.05, 0.1) is 5.56 Å². The fraction of sp³-hybridized carbons (Fsp3) is 0. The lowest BCUT2D eigenvalue weighted by Gasteiger charge is -2.00. The molecule has 0 aromatic carbocycles. The van der Waals surface area contributed by atoms with Crippen LogP contribution in [-0.2, 0) is 0 Å². The summed E-state index contributed by atoms with van der Waals surface area (Å²) in [5, 5.41) is 8.81. The molecule has 0 fully saturated rings. The number of rotatable bonds is 3. The van der Waals surface area contributed by atoms with E-state index in [0.717, 1.165) is 0 Å². The summed E-state index contributed by atoms with van der Waals surface area (Å²) in [5.41, 5.74) is 0.573. The Balaban J connectivity index is 2.38. The van der Waals surface area contributed by atoms with E-state index in [2.05, 4.69) is 9.97 Å². The van der Waals surface area contributed by atoms with Gasteiger partial charge in [-0.2, -0.15) is 0 Å². The number of pyridine rings is 2. The quantitative estimate of drug-likeness (QED) is 0.803. The van der Waals surface area contributed by atoms with Crippen molar-refractivity contribution < 1.29 is 14.7 Å². The number of carboxylic acids is 1. The van der Waals surface area contributed by atoms with Gasteiger partial charge in [0.25, 0.3) is 0 Å². The molecule has 0 aliphatic carbocycles. The zero-order valence-corrected chi connectivity index (χ0v) is 8.70. The number of carbonyl (C=O) groups is 2. The zero-order valence-electron chi connectivity index (χ0n) is 8.70. The van der Waals surface area contributed by atoms with E-state index in [1.807, 2.05) is 0 Å². The molecule has 5 nitrogen and oxygen atoms in total. The zero-order chi connectivity index (χ0) is 12.3. The molecule has 0 aliphatic heterocycles. The Labute approximate surface area is 96.8 Å². The van der Waals surface area contributed by atoms with Crippen LogP contribution in [0.5, 0.6) is 0 Å². The minimum atomic E-state index is -1.09. The van der Waals surface area contributed by atoms with Gasteiger partial charge in [0.15, 0.2) is 0 Å². The first kappa shape index (κ1) is 10.9. The Kier molecular flexibility index (Phi) is 2.91. The van der Waals surface area contributed by atoms with E-state index in [1.54, 1.807) is 12.1 Å². The number of aromatic carboxylic acids is 1. The van der Waals surface area contributed by atoms with Crippen molar-refractivity contribution >= 4 is 11.8 Å². The van der Waals surface area contributed by atoms with Crippen LogP contribution in [0.1, 0.15) is 26.4 Å². The van der Waals surface area contributed by atoms with Gasteiger partial charge in [0.1, 0.15) is 5.69 Å². The van der Waals surface area contributed by atoms with Gasteiger partial charge in [0, 0.05) is 24.2 Å². The van der Waals surface area contributed by atoms with Crippen LogP contribution < -0.4 is 0 Å². The van der Waals surface area contributed by atoms with Gasteiger partial charge in [-0.05, 0) is 24.3 Å². The molecule has 0 aliphatic rings. The van der Waals surface area contributed by atoms with Gasteiger partial charge in [-0.1, -0.05) is 0 Å². The molecule has 2 heterocycles. The normalized spacial score (nSPS) is 9.88. The molecule has 0 unspecified atom stereocenters.